The zero-order chi connectivity index (χ0) is 19.2. The number of nitrogens with one attached hydrogen (secondary N) is 1. The van der Waals surface area contributed by atoms with Crippen LogP contribution in [0.15, 0.2) is 59.2 Å². The van der Waals surface area contributed by atoms with Gasteiger partial charge in [-0.15, -0.1) is 0 Å². The lowest BCUT2D eigenvalue weighted by Crippen LogP contribution is -2.38. The van der Waals surface area contributed by atoms with Crippen molar-refractivity contribution < 1.29 is 13.9 Å². The van der Waals surface area contributed by atoms with Crippen LogP contribution in [0.4, 0.5) is 0 Å². The van der Waals surface area contributed by atoms with Crippen LogP contribution in [0.3, 0.4) is 0 Å². The molecule has 0 aliphatic carbocycles. The van der Waals surface area contributed by atoms with Gasteiger partial charge in [0.15, 0.2) is 5.76 Å². The lowest BCUT2D eigenvalue weighted by molar-refractivity contribution is 0.0374. The SMILES string of the molecule is O=C(NCCCN1CCOCC1)c1cc(-c2ccco2)nn1-c1ccccc1. The van der Waals surface area contributed by atoms with E-state index in [-0.39, 0.29) is 5.91 Å². The van der Waals surface area contributed by atoms with E-state index in [1.807, 2.05) is 42.5 Å². The minimum Gasteiger partial charge on any atom is -0.463 e. The second kappa shape index (κ2) is 8.86. The molecule has 0 unspecified atom stereocenters. The molecule has 1 amide bonds. The molecule has 1 fully saturated rings. The summed E-state index contributed by atoms with van der Waals surface area (Å²) in [6.07, 6.45) is 2.50. The first kappa shape index (κ1) is 18.5. The Bertz CT molecular complexity index is 884. The highest BCUT2D eigenvalue weighted by Crippen LogP contribution is 2.22. The summed E-state index contributed by atoms with van der Waals surface area (Å²) >= 11 is 0. The van der Waals surface area contributed by atoms with Gasteiger partial charge in [0.1, 0.15) is 11.4 Å². The van der Waals surface area contributed by atoms with Crippen LogP contribution in [0.2, 0.25) is 0 Å². The van der Waals surface area contributed by atoms with Crippen molar-refractivity contribution in [2.24, 2.45) is 0 Å². The molecule has 3 heterocycles. The predicted molar refractivity (Wildman–Crippen MR) is 105 cm³/mol. The van der Waals surface area contributed by atoms with Gasteiger partial charge in [-0.3, -0.25) is 9.69 Å². The normalized spacial score (nSPS) is 14.9. The zero-order valence-electron chi connectivity index (χ0n) is 15.7. The first-order valence-corrected chi connectivity index (χ1v) is 9.59. The molecule has 0 atom stereocenters. The summed E-state index contributed by atoms with van der Waals surface area (Å²) in [4.78, 5) is 15.2. The highest BCUT2D eigenvalue weighted by atomic mass is 16.5. The van der Waals surface area contributed by atoms with E-state index in [0.29, 0.717) is 23.7 Å². The summed E-state index contributed by atoms with van der Waals surface area (Å²) in [5, 5.41) is 7.60. The standard InChI is InChI=1S/C21H24N4O3/c26-21(22-9-5-10-24-11-14-27-15-12-24)19-16-18(20-8-4-13-28-20)23-25(19)17-6-2-1-3-7-17/h1-4,6-8,13,16H,5,9-12,14-15H2,(H,22,26). The molecule has 1 aliphatic heterocycles. The van der Waals surface area contributed by atoms with Crippen LogP contribution >= 0.6 is 0 Å². The number of hydrogen-bond acceptors (Lipinski definition) is 5. The maximum absolute atomic E-state index is 12.8. The van der Waals surface area contributed by atoms with Gasteiger partial charge in [-0.05, 0) is 37.2 Å². The molecule has 28 heavy (non-hydrogen) atoms. The molecule has 3 aromatic rings. The molecule has 0 spiro atoms. The number of benzene rings is 1. The molecule has 0 bridgehead atoms. The van der Waals surface area contributed by atoms with Gasteiger partial charge in [-0.25, -0.2) is 4.68 Å². The van der Waals surface area contributed by atoms with E-state index in [2.05, 4.69) is 15.3 Å². The summed E-state index contributed by atoms with van der Waals surface area (Å²) in [6, 6.07) is 15.0. The van der Waals surface area contributed by atoms with Crippen molar-refractivity contribution in [3.8, 4) is 17.1 Å². The fraction of sp³-hybridized carbons (Fsp3) is 0.333. The number of hydrogen-bond donors (Lipinski definition) is 1. The molecule has 4 rings (SSSR count). The van der Waals surface area contributed by atoms with Gasteiger partial charge in [0.05, 0.1) is 25.2 Å². The maximum atomic E-state index is 12.8. The van der Waals surface area contributed by atoms with Crippen LogP contribution in [0.25, 0.3) is 17.1 Å². The molecule has 7 nitrogen and oxygen atoms in total. The van der Waals surface area contributed by atoms with Crippen molar-refractivity contribution in [2.45, 2.75) is 6.42 Å². The Morgan fingerprint density at radius 1 is 1.11 bits per heavy atom. The number of carbonyl (C=O) groups is 1. The van der Waals surface area contributed by atoms with Gasteiger partial charge in [-0.2, -0.15) is 5.10 Å². The van der Waals surface area contributed by atoms with Gasteiger partial charge in [0, 0.05) is 25.7 Å². The number of amides is 1. The van der Waals surface area contributed by atoms with Crippen LogP contribution in [0.1, 0.15) is 16.9 Å². The Morgan fingerprint density at radius 2 is 1.93 bits per heavy atom. The summed E-state index contributed by atoms with van der Waals surface area (Å²) in [6.45, 7) is 5.07. The van der Waals surface area contributed by atoms with Crippen molar-refractivity contribution in [3.05, 3.63) is 60.5 Å². The second-order valence-corrected chi connectivity index (χ2v) is 6.70. The van der Waals surface area contributed by atoms with E-state index in [4.69, 9.17) is 9.15 Å². The largest absolute Gasteiger partial charge is 0.463 e. The number of para-hydroxylation sites is 1. The van der Waals surface area contributed by atoms with E-state index < -0.39 is 0 Å². The van der Waals surface area contributed by atoms with Crippen molar-refractivity contribution in [1.29, 1.82) is 0 Å². The smallest absolute Gasteiger partial charge is 0.270 e. The molecular formula is C21H24N4O3. The average molecular weight is 380 g/mol. The molecule has 2 aromatic heterocycles. The molecule has 1 N–H and O–H groups in total. The van der Waals surface area contributed by atoms with Crippen molar-refractivity contribution in [2.75, 3.05) is 39.4 Å². The first-order chi connectivity index (χ1) is 13.8. The van der Waals surface area contributed by atoms with Gasteiger partial charge in [0.2, 0.25) is 0 Å². The first-order valence-electron chi connectivity index (χ1n) is 9.59. The fourth-order valence-electron chi connectivity index (χ4n) is 3.27. The second-order valence-electron chi connectivity index (χ2n) is 6.70. The van der Waals surface area contributed by atoms with Gasteiger partial charge in [-0.1, -0.05) is 18.2 Å². The minimum absolute atomic E-state index is 0.142. The Labute approximate surface area is 163 Å². The quantitative estimate of drug-likeness (QED) is 0.638. The Morgan fingerprint density at radius 3 is 2.68 bits per heavy atom. The number of morpholine rings is 1. The highest BCUT2D eigenvalue weighted by Gasteiger charge is 2.18. The molecule has 1 aliphatic rings. The summed E-state index contributed by atoms with van der Waals surface area (Å²) in [7, 11) is 0. The van der Waals surface area contributed by atoms with E-state index in [0.717, 1.165) is 45.0 Å². The van der Waals surface area contributed by atoms with E-state index >= 15 is 0 Å². The van der Waals surface area contributed by atoms with Crippen LogP contribution in [-0.4, -0.2) is 60.0 Å². The number of aromatic nitrogens is 2. The van der Waals surface area contributed by atoms with Gasteiger partial charge < -0.3 is 14.5 Å². The number of rotatable bonds is 7. The number of carbonyl (C=O) groups excluding carboxylic acids is 1. The molecule has 0 radical (unpaired) electrons. The zero-order valence-corrected chi connectivity index (χ0v) is 15.7. The van der Waals surface area contributed by atoms with Crippen molar-refractivity contribution >= 4 is 5.91 Å². The third-order valence-corrected chi connectivity index (χ3v) is 4.76. The van der Waals surface area contributed by atoms with Crippen LogP contribution in [-0.2, 0) is 4.74 Å². The maximum Gasteiger partial charge on any atom is 0.270 e. The Kier molecular flexibility index (Phi) is 5.84. The minimum atomic E-state index is -0.142. The molecule has 7 heteroatoms. The fourth-order valence-corrected chi connectivity index (χ4v) is 3.27. The van der Waals surface area contributed by atoms with Gasteiger partial charge >= 0.3 is 0 Å². The molecule has 146 valence electrons. The number of ether oxygens (including phenoxy) is 1. The Hall–Kier alpha value is -2.90. The lowest BCUT2D eigenvalue weighted by atomic mass is 10.2. The summed E-state index contributed by atoms with van der Waals surface area (Å²) in [5.74, 6) is 0.493. The summed E-state index contributed by atoms with van der Waals surface area (Å²) < 4.78 is 12.5. The van der Waals surface area contributed by atoms with Crippen LogP contribution < -0.4 is 5.32 Å². The lowest BCUT2D eigenvalue weighted by Gasteiger charge is -2.26. The van der Waals surface area contributed by atoms with E-state index in [9.17, 15) is 4.79 Å². The van der Waals surface area contributed by atoms with Gasteiger partial charge in [0.25, 0.3) is 5.91 Å². The Balaban J connectivity index is 1.45. The van der Waals surface area contributed by atoms with E-state index in [1.165, 1.54) is 0 Å². The third kappa shape index (κ3) is 4.32. The molecule has 1 aromatic carbocycles. The number of nitrogens with zero attached hydrogens (tertiary/aromatic N) is 3. The monoisotopic (exact) mass is 380 g/mol. The number of furan rings is 1. The molecule has 0 saturated carbocycles. The van der Waals surface area contributed by atoms with Crippen LogP contribution in [0.5, 0.6) is 0 Å². The van der Waals surface area contributed by atoms with Crippen molar-refractivity contribution in [3.63, 3.8) is 0 Å². The van der Waals surface area contributed by atoms with Crippen molar-refractivity contribution in [1.82, 2.24) is 20.0 Å². The predicted octanol–water partition coefficient (Wildman–Crippen LogP) is 2.58. The topological polar surface area (TPSA) is 72.5 Å². The molecule has 1 saturated heterocycles. The van der Waals surface area contributed by atoms with E-state index in [1.54, 1.807) is 17.0 Å². The average Bonchev–Trinajstić information content (AvgIpc) is 3.42. The third-order valence-electron chi connectivity index (χ3n) is 4.76. The van der Waals surface area contributed by atoms with Crippen LogP contribution in [0, 0.1) is 0 Å². The molecular weight excluding hydrogens is 356 g/mol. The highest BCUT2D eigenvalue weighted by molar-refractivity contribution is 5.94. The summed E-state index contributed by atoms with van der Waals surface area (Å²) in [5.41, 5.74) is 1.95.